The Morgan fingerprint density at radius 2 is 2.17 bits per heavy atom. The van der Waals surface area contributed by atoms with Gasteiger partial charge in [0.25, 0.3) is 0 Å². The van der Waals surface area contributed by atoms with Crippen LogP contribution >= 0.6 is 15.9 Å². The van der Waals surface area contributed by atoms with Crippen LogP contribution in [0.5, 0.6) is 0 Å². The molecule has 4 nitrogen and oxygen atoms in total. The van der Waals surface area contributed by atoms with E-state index in [0.717, 1.165) is 11.3 Å². The van der Waals surface area contributed by atoms with Crippen LogP contribution in [0.3, 0.4) is 0 Å². The normalized spacial score (nSPS) is 10.3. The highest BCUT2D eigenvalue weighted by molar-refractivity contribution is 9.09. The molecule has 2 rings (SSSR count). The average Bonchev–Trinajstić information content (AvgIpc) is 2.91. The number of halogens is 1. The molecule has 0 bridgehead atoms. The molecule has 1 aromatic carbocycles. The minimum Gasteiger partial charge on any atom is -0.352 e. The molecule has 0 unspecified atom stereocenters. The smallest absolute Gasteiger partial charge is 0.221 e. The molecular formula is C13H14BrN3O. The van der Waals surface area contributed by atoms with E-state index in [2.05, 4.69) is 26.3 Å². The first-order valence-electron chi connectivity index (χ1n) is 5.72. The van der Waals surface area contributed by atoms with E-state index in [-0.39, 0.29) is 5.91 Å². The van der Waals surface area contributed by atoms with Gasteiger partial charge in [0.2, 0.25) is 5.91 Å². The lowest BCUT2D eigenvalue weighted by molar-refractivity contribution is -0.120. The van der Waals surface area contributed by atoms with E-state index in [1.54, 1.807) is 10.9 Å². The van der Waals surface area contributed by atoms with Crippen LogP contribution in [0.1, 0.15) is 12.0 Å². The van der Waals surface area contributed by atoms with Gasteiger partial charge in [-0.15, -0.1) is 0 Å². The van der Waals surface area contributed by atoms with Gasteiger partial charge in [0.1, 0.15) is 0 Å². The summed E-state index contributed by atoms with van der Waals surface area (Å²) in [6.45, 7) is 0.516. The van der Waals surface area contributed by atoms with Gasteiger partial charge < -0.3 is 5.32 Å². The van der Waals surface area contributed by atoms with Gasteiger partial charge in [-0.3, -0.25) is 4.79 Å². The molecule has 94 valence electrons. The molecule has 18 heavy (non-hydrogen) atoms. The Bertz CT molecular complexity index is 511. The molecule has 0 saturated carbocycles. The highest BCUT2D eigenvalue weighted by atomic mass is 79.9. The van der Waals surface area contributed by atoms with Crippen molar-refractivity contribution in [2.75, 3.05) is 5.33 Å². The van der Waals surface area contributed by atoms with Gasteiger partial charge in [-0.2, -0.15) is 5.10 Å². The second kappa shape index (κ2) is 6.35. The number of amides is 1. The maximum atomic E-state index is 11.5. The van der Waals surface area contributed by atoms with E-state index < -0.39 is 0 Å². The average molecular weight is 308 g/mol. The van der Waals surface area contributed by atoms with E-state index in [4.69, 9.17) is 0 Å². The number of nitrogens with one attached hydrogen (secondary N) is 1. The molecule has 1 N–H and O–H groups in total. The van der Waals surface area contributed by atoms with Crippen molar-refractivity contribution in [2.24, 2.45) is 0 Å². The quantitative estimate of drug-likeness (QED) is 0.861. The summed E-state index contributed by atoms with van der Waals surface area (Å²) in [5.74, 6) is 0.0437. The third kappa shape index (κ3) is 3.20. The SMILES string of the molecule is O=C(CCBr)NCc1ccccc1-n1cccn1. The number of rotatable bonds is 5. The summed E-state index contributed by atoms with van der Waals surface area (Å²) in [5.41, 5.74) is 2.03. The molecule has 5 heteroatoms. The Balaban J connectivity index is 2.11. The summed E-state index contributed by atoms with van der Waals surface area (Å²) in [6.07, 6.45) is 4.11. The fourth-order valence-electron chi connectivity index (χ4n) is 1.66. The molecule has 0 atom stereocenters. The Morgan fingerprint density at radius 1 is 1.33 bits per heavy atom. The Morgan fingerprint density at radius 3 is 2.89 bits per heavy atom. The zero-order valence-corrected chi connectivity index (χ0v) is 11.4. The number of hydrogen-bond donors (Lipinski definition) is 1. The van der Waals surface area contributed by atoms with Gasteiger partial charge in [-0.1, -0.05) is 34.1 Å². The molecule has 1 aromatic heterocycles. The van der Waals surface area contributed by atoms with Crippen molar-refractivity contribution in [1.29, 1.82) is 0 Å². The first kappa shape index (κ1) is 12.8. The molecule has 0 aliphatic carbocycles. The van der Waals surface area contributed by atoms with Crippen molar-refractivity contribution < 1.29 is 4.79 Å². The van der Waals surface area contributed by atoms with Crippen LogP contribution in [0.15, 0.2) is 42.7 Å². The predicted octanol–water partition coefficient (Wildman–Crippen LogP) is 2.27. The Hall–Kier alpha value is -1.62. The first-order chi connectivity index (χ1) is 8.81. The van der Waals surface area contributed by atoms with Crippen LogP contribution in [0.4, 0.5) is 0 Å². The molecule has 0 fully saturated rings. The van der Waals surface area contributed by atoms with Crippen molar-refractivity contribution >= 4 is 21.8 Å². The molecule has 1 amide bonds. The monoisotopic (exact) mass is 307 g/mol. The zero-order chi connectivity index (χ0) is 12.8. The van der Waals surface area contributed by atoms with Gasteiger partial charge in [0, 0.05) is 30.7 Å². The maximum Gasteiger partial charge on any atom is 0.221 e. The summed E-state index contributed by atoms with van der Waals surface area (Å²) in [5, 5.41) is 7.78. The minimum atomic E-state index is 0.0437. The van der Waals surface area contributed by atoms with Gasteiger partial charge in [-0.25, -0.2) is 4.68 Å². The molecule has 0 aliphatic rings. The number of para-hydroxylation sites is 1. The molecular weight excluding hydrogens is 294 g/mol. The number of hydrogen-bond acceptors (Lipinski definition) is 2. The number of aromatic nitrogens is 2. The third-order valence-corrected chi connectivity index (χ3v) is 2.94. The van der Waals surface area contributed by atoms with Crippen molar-refractivity contribution in [3.63, 3.8) is 0 Å². The number of carbonyl (C=O) groups is 1. The Kier molecular flexibility index (Phi) is 4.52. The van der Waals surface area contributed by atoms with Crippen LogP contribution < -0.4 is 5.32 Å². The summed E-state index contributed by atoms with van der Waals surface area (Å²) < 4.78 is 1.80. The minimum absolute atomic E-state index is 0.0437. The number of benzene rings is 1. The van der Waals surface area contributed by atoms with Crippen molar-refractivity contribution in [1.82, 2.24) is 15.1 Å². The van der Waals surface area contributed by atoms with Crippen LogP contribution in [0.2, 0.25) is 0 Å². The summed E-state index contributed by atoms with van der Waals surface area (Å²) in [4.78, 5) is 11.5. The van der Waals surface area contributed by atoms with Crippen molar-refractivity contribution in [2.45, 2.75) is 13.0 Å². The van der Waals surface area contributed by atoms with Gasteiger partial charge in [0.15, 0.2) is 0 Å². The molecule has 0 spiro atoms. The summed E-state index contributed by atoms with van der Waals surface area (Å²) in [7, 11) is 0. The molecule has 0 aliphatic heterocycles. The molecule has 2 aromatic rings. The molecule has 1 heterocycles. The highest BCUT2D eigenvalue weighted by Gasteiger charge is 2.05. The second-order valence-electron chi connectivity index (χ2n) is 3.80. The standard InChI is InChI=1S/C13H14BrN3O/c14-7-6-13(18)15-10-11-4-1-2-5-12(11)17-9-3-8-16-17/h1-5,8-9H,6-7,10H2,(H,15,18). The fraction of sp³-hybridized carbons (Fsp3) is 0.231. The highest BCUT2D eigenvalue weighted by Crippen LogP contribution is 2.13. The number of carbonyl (C=O) groups excluding carboxylic acids is 1. The van der Waals surface area contributed by atoms with Crippen LogP contribution in [0.25, 0.3) is 5.69 Å². The number of nitrogens with zero attached hydrogens (tertiary/aromatic N) is 2. The lowest BCUT2D eigenvalue weighted by atomic mass is 10.1. The fourth-order valence-corrected chi connectivity index (χ4v) is 2.02. The lowest BCUT2D eigenvalue weighted by Crippen LogP contribution is -2.23. The molecule has 0 radical (unpaired) electrons. The van der Waals surface area contributed by atoms with E-state index in [9.17, 15) is 4.79 Å². The largest absolute Gasteiger partial charge is 0.352 e. The van der Waals surface area contributed by atoms with Crippen molar-refractivity contribution in [3.05, 3.63) is 48.3 Å². The van der Waals surface area contributed by atoms with Crippen LogP contribution in [0, 0.1) is 0 Å². The van der Waals surface area contributed by atoms with Crippen LogP contribution in [-0.4, -0.2) is 21.0 Å². The second-order valence-corrected chi connectivity index (χ2v) is 4.59. The van der Waals surface area contributed by atoms with Crippen LogP contribution in [-0.2, 0) is 11.3 Å². The van der Waals surface area contributed by atoms with Gasteiger partial charge in [-0.05, 0) is 17.7 Å². The van der Waals surface area contributed by atoms with E-state index in [1.165, 1.54) is 0 Å². The van der Waals surface area contributed by atoms with Gasteiger partial charge >= 0.3 is 0 Å². The number of alkyl halides is 1. The van der Waals surface area contributed by atoms with E-state index in [0.29, 0.717) is 18.3 Å². The van der Waals surface area contributed by atoms with E-state index >= 15 is 0 Å². The van der Waals surface area contributed by atoms with E-state index in [1.807, 2.05) is 36.5 Å². The third-order valence-electron chi connectivity index (χ3n) is 2.54. The zero-order valence-electron chi connectivity index (χ0n) is 9.84. The molecule has 0 saturated heterocycles. The summed E-state index contributed by atoms with van der Waals surface area (Å²) >= 11 is 3.25. The topological polar surface area (TPSA) is 46.9 Å². The Labute approximate surface area is 114 Å². The van der Waals surface area contributed by atoms with Crippen molar-refractivity contribution in [3.8, 4) is 5.69 Å². The maximum absolute atomic E-state index is 11.5. The first-order valence-corrected chi connectivity index (χ1v) is 6.84. The predicted molar refractivity (Wildman–Crippen MR) is 73.8 cm³/mol. The summed E-state index contributed by atoms with van der Waals surface area (Å²) in [6, 6.07) is 9.77. The van der Waals surface area contributed by atoms with Gasteiger partial charge in [0.05, 0.1) is 5.69 Å². The lowest BCUT2D eigenvalue weighted by Gasteiger charge is -2.10.